The first-order chi connectivity index (χ1) is 17.5. The van der Waals surface area contributed by atoms with Gasteiger partial charge in [-0.05, 0) is 60.2 Å². The van der Waals surface area contributed by atoms with E-state index in [0.717, 1.165) is 60.6 Å². The number of carbonyl (C=O) groups excluding carboxylic acids is 3. The molecule has 3 amide bonds. The minimum absolute atomic E-state index is 0.113. The Balaban J connectivity index is 1.27. The lowest BCUT2D eigenvalue weighted by molar-refractivity contribution is -0.136. The van der Waals surface area contributed by atoms with Crippen LogP contribution < -0.4 is 20.3 Å². The number of rotatable bonds is 6. The molecule has 9 heteroatoms. The molecular weight excluding hydrogens is 460 g/mol. The summed E-state index contributed by atoms with van der Waals surface area (Å²) in [6.45, 7) is 3.75. The molecule has 0 aliphatic carbocycles. The first-order valence-corrected chi connectivity index (χ1v) is 12.5. The quantitative estimate of drug-likeness (QED) is 0.599. The molecule has 0 saturated carbocycles. The lowest BCUT2D eigenvalue weighted by Crippen LogP contribution is -2.45. The molecule has 9 nitrogen and oxygen atoms in total. The number of carbonyl (C=O) groups is 3. The minimum atomic E-state index is -0.701. The maximum Gasteiger partial charge on any atom is 0.313 e. The number of nitrogens with one attached hydrogen (secondary N) is 2. The van der Waals surface area contributed by atoms with Gasteiger partial charge >= 0.3 is 11.8 Å². The molecule has 0 radical (unpaired) electrons. The van der Waals surface area contributed by atoms with Gasteiger partial charge in [-0.1, -0.05) is 12.1 Å². The zero-order valence-electron chi connectivity index (χ0n) is 20.5. The van der Waals surface area contributed by atoms with Gasteiger partial charge in [-0.2, -0.15) is 0 Å². The summed E-state index contributed by atoms with van der Waals surface area (Å²) >= 11 is 0. The average Bonchev–Trinajstić information content (AvgIpc) is 2.91. The SMILES string of the molecule is COc1cccc(C(CNC(=O)C(=O)Nc2cc3c4c(c2)CCC(=O)N4CCC3)N2CCOCC2)c1. The highest BCUT2D eigenvalue weighted by Crippen LogP contribution is 2.37. The highest BCUT2D eigenvalue weighted by Gasteiger charge is 2.30. The molecule has 3 heterocycles. The Morgan fingerprint density at radius 3 is 2.58 bits per heavy atom. The molecule has 190 valence electrons. The lowest BCUT2D eigenvalue weighted by Gasteiger charge is -2.35. The number of amides is 3. The van der Waals surface area contributed by atoms with Crippen molar-refractivity contribution in [2.24, 2.45) is 0 Å². The van der Waals surface area contributed by atoms with E-state index in [9.17, 15) is 14.4 Å². The van der Waals surface area contributed by atoms with Crippen LogP contribution in [0.3, 0.4) is 0 Å². The highest BCUT2D eigenvalue weighted by molar-refractivity contribution is 6.39. The van der Waals surface area contributed by atoms with Gasteiger partial charge in [0.25, 0.3) is 0 Å². The molecule has 2 aromatic rings. The van der Waals surface area contributed by atoms with E-state index in [0.29, 0.717) is 31.7 Å². The predicted molar refractivity (Wildman–Crippen MR) is 135 cm³/mol. The third-order valence-electron chi connectivity index (χ3n) is 7.16. The number of hydrogen-bond acceptors (Lipinski definition) is 6. The summed E-state index contributed by atoms with van der Waals surface area (Å²) in [5, 5.41) is 5.59. The number of nitrogens with zero attached hydrogens (tertiary/aromatic N) is 2. The van der Waals surface area contributed by atoms with Crippen LogP contribution in [0.5, 0.6) is 5.75 Å². The van der Waals surface area contributed by atoms with Crippen molar-refractivity contribution < 1.29 is 23.9 Å². The zero-order chi connectivity index (χ0) is 25.1. The molecule has 1 saturated heterocycles. The largest absolute Gasteiger partial charge is 0.497 e. The Bertz CT molecular complexity index is 1140. The maximum atomic E-state index is 12.8. The molecule has 3 aliphatic rings. The smallest absolute Gasteiger partial charge is 0.313 e. The molecule has 0 aromatic heterocycles. The van der Waals surface area contributed by atoms with Gasteiger partial charge in [0.05, 0.1) is 32.1 Å². The Morgan fingerprint density at radius 1 is 1.03 bits per heavy atom. The summed E-state index contributed by atoms with van der Waals surface area (Å²) in [6, 6.07) is 11.4. The molecule has 1 unspecified atom stereocenters. The molecule has 5 rings (SSSR count). The molecule has 0 bridgehead atoms. The van der Waals surface area contributed by atoms with E-state index in [4.69, 9.17) is 9.47 Å². The van der Waals surface area contributed by atoms with E-state index in [1.165, 1.54) is 0 Å². The van der Waals surface area contributed by atoms with Gasteiger partial charge in [0.1, 0.15) is 5.75 Å². The van der Waals surface area contributed by atoms with Crippen molar-refractivity contribution in [1.82, 2.24) is 10.2 Å². The van der Waals surface area contributed by atoms with Gasteiger partial charge in [0, 0.05) is 38.3 Å². The van der Waals surface area contributed by atoms with Gasteiger partial charge in [-0.15, -0.1) is 0 Å². The second-order valence-corrected chi connectivity index (χ2v) is 9.40. The average molecular weight is 493 g/mol. The molecule has 3 aliphatic heterocycles. The lowest BCUT2D eigenvalue weighted by atomic mass is 9.91. The molecule has 0 spiro atoms. The molecule has 2 aromatic carbocycles. The van der Waals surface area contributed by atoms with E-state index in [-0.39, 0.29) is 18.5 Å². The summed E-state index contributed by atoms with van der Waals surface area (Å²) in [5.74, 6) is -0.482. The number of anilines is 2. The summed E-state index contributed by atoms with van der Waals surface area (Å²) in [5.41, 5.74) is 4.69. The summed E-state index contributed by atoms with van der Waals surface area (Å²) < 4.78 is 10.9. The van der Waals surface area contributed by atoms with Crippen LogP contribution in [0.1, 0.15) is 35.6 Å². The second kappa shape index (κ2) is 10.7. The fourth-order valence-corrected chi connectivity index (χ4v) is 5.38. The van der Waals surface area contributed by atoms with Crippen molar-refractivity contribution in [2.45, 2.75) is 31.7 Å². The third-order valence-corrected chi connectivity index (χ3v) is 7.16. The highest BCUT2D eigenvalue weighted by atomic mass is 16.5. The van der Waals surface area contributed by atoms with Crippen LogP contribution in [0.2, 0.25) is 0 Å². The predicted octanol–water partition coefficient (Wildman–Crippen LogP) is 2.05. The van der Waals surface area contributed by atoms with Crippen molar-refractivity contribution in [1.29, 1.82) is 0 Å². The Kier molecular flexibility index (Phi) is 7.20. The number of benzene rings is 2. The molecule has 2 N–H and O–H groups in total. The van der Waals surface area contributed by atoms with Crippen molar-refractivity contribution >= 4 is 29.1 Å². The van der Waals surface area contributed by atoms with E-state index in [2.05, 4.69) is 15.5 Å². The monoisotopic (exact) mass is 492 g/mol. The maximum absolute atomic E-state index is 12.8. The number of morpholine rings is 1. The van der Waals surface area contributed by atoms with Crippen LogP contribution in [-0.2, 0) is 32.0 Å². The van der Waals surface area contributed by atoms with Gasteiger partial charge in [0.15, 0.2) is 0 Å². The molecule has 36 heavy (non-hydrogen) atoms. The third kappa shape index (κ3) is 5.08. The van der Waals surface area contributed by atoms with Crippen LogP contribution >= 0.6 is 0 Å². The van der Waals surface area contributed by atoms with Crippen LogP contribution in [0.15, 0.2) is 36.4 Å². The normalized spacial score (nSPS) is 18.2. The Morgan fingerprint density at radius 2 is 1.81 bits per heavy atom. The minimum Gasteiger partial charge on any atom is -0.497 e. The van der Waals surface area contributed by atoms with Crippen molar-refractivity contribution in [3.8, 4) is 5.75 Å². The van der Waals surface area contributed by atoms with Crippen molar-refractivity contribution in [3.05, 3.63) is 53.1 Å². The fourth-order valence-electron chi connectivity index (χ4n) is 5.38. The number of hydrogen-bond donors (Lipinski definition) is 2. The Labute approximate surface area is 210 Å². The van der Waals surface area contributed by atoms with Crippen molar-refractivity contribution in [2.75, 3.05) is 56.7 Å². The fraction of sp³-hybridized carbons (Fsp3) is 0.444. The zero-order valence-corrected chi connectivity index (χ0v) is 20.5. The van der Waals surface area contributed by atoms with Crippen LogP contribution in [0.4, 0.5) is 11.4 Å². The van der Waals surface area contributed by atoms with Crippen LogP contribution in [0, 0.1) is 0 Å². The summed E-state index contributed by atoms with van der Waals surface area (Å²) in [7, 11) is 1.62. The molecular formula is C27H32N4O5. The summed E-state index contributed by atoms with van der Waals surface area (Å²) in [4.78, 5) is 42.0. The van der Waals surface area contributed by atoms with Gasteiger partial charge < -0.3 is 25.0 Å². The summed E-state index contributed by atoms with van der Waals surface area (Å²) in [6.07, 6.45) is 2.86. The number of aryl methyl sites for hydroxylation is 2. The first-order valence-electron chi connectivity index (χ1n) is 12.5. The first kappa shape index (κ1) is 24.3. The van der Waals surface area contributed by atoms with E-state index in [1.54, 1.807) is 7.11 Å². The van der Waals surface area contributed by atoms with Gasteiger partial charge in [-0.3, -0.25) is 19.3 Å². The Hall–Kier alpha value is -3.43. The number of methoxy groups -OCH3 is 1. The van der Waals surface area contributed by atoms with E-state index >= 15 is 0 Å². The second-order valence-electron chi connectivity index (χ2n) is 9.40. The van der Waals surface area contributed by atoms with E-state index in [1.807, 2.05) is 41.3 Å². The molecule has 1 fully saturated rings. The van der Waals surface area contributed by atoms with Crippen LogP contribution in [-0.4, -0.2) is 69.1 Å². The van der Waals surface area contributed by atoms with E-state index < -0.39 is 11.8 Å². The standard InChI is InChI=1S/C27H32N4O5/c1-35-22-6-2-4-18(16-22)23(30-10-12-36-13-11-30)17-28-26(33)27(34)29-21-14-19-5-3-9-31-24(32)8-7-20(15-21)25(19)31/h2,4,6,14-16,23H,3,5,7-13,17H2,1H3,(H,28,33)(H,29,34). The van der Waals surface area contributed by atoms with Gasteiger partial charge in [-0.25, -0.2) is 0 Å². The van der Waals surface area contributed by atoms with Crippen molar-refractivity contribution in [3.63, 3.8) is 0 Å². The topological polar surface area (TPSA) is 100 Å². The van der Waals surface area contributed by atoms with Gasteiger partial charge in [0.2, 0.25) is 5.91 Å². The molecule has 1 atom stereocenters. The number of ether oxygens (including phenoxy) is 2. The van der Waals surface area contributed by atoms with Crippen LogP contribution in [0.25, 0.3) is 0 Å².